The Morgan fingerprint density at radius 3 is 2.06 bits per heavy atom. The number of ether oxygens (including phenoxy) is 1. The average Bonchev–Trinajstić information content (AvgIpc) is 2.37. The third-order valence-corrected chi connectivity index (χ3v) is 2.41. The van der Waals surface area contributed by atoms with Gasteiger partial charge in [0.2, 0.25) is 0 Å². The van der Waals surface area contributed by atoms with Crippen LogP contribution in [0.3, 0.4) is 0 Å². The molecule has 0 amide bonds. The molecule has 0 aliphatic carbocycles. The minimum Gasteiger partial charge on any atom is -0.497 e. The maximum atomic E-state index is 10.2. The molecule has 1 atom stereocenters. The van der Waals surface area contributed by atoms with E-state index in [1.165, 1.54) is 12.8 Å². The zero-order valence-electron chi connectivity index (χ0n) is 10.6. The number of unbranched alkanes of at least 4 members (excludes halogenated alkanes) is 1. The SMILES string of the molecule is CCCC.COc1ccc(CO[PH](=O)O)cc1. The lowest BCUT2D eigenvalue weighted by Gasteiger charge is -2.02. The van der Waals surface area contributed by atoms with Crippen LogP contribution in [0.25, 0.3) is 0 Å². The Morgan fingerprint density at radius 2 is 1.71 bits per heavy atom. The van der Waals surface area contributed by atoms with E-state index in [9.17, 15) is 4.57 Å². The van der Waals surface area contributed by atoms with Crippen molar-refractivity contribution in [2.45, 2.75) is 33.3 Å². The summed E-state index contributed by atoms with van der Waals surface area (Å²) in [5.74, 6) is 0.750. The Labute approximate surface area is 104 Å². The van der Waals surface area contributed by atoms with Crippen LogP contribution in [-0.4, -0.2) is 12.0 Å². The van der Waals surface area contributed by atoms with Crippen molar-refractivity contribution in [2.75, 3.05) is 7.11 Å². The number of hydrogen-bond acceptors (Lipinski definition) is 3. The van der Waals surface area contributed by atoms with Gasteiger partial charge in [0, 0.05) is 0 Å². The van der Waals surface area contributed by atoms with Gasteiger partial charge in [0.05, 0.1) is 13.7 Å². The van der Waals surface area contributed by atoms with Crippen LogP contribution >= 0.6 is 8.25 Å². The molecule has 0 bridgehead atoms. The molecule has 98 valence electrons. The Kier molecular flexibility index (Phi) is 9.83. The standard InChI is InChI=1S/C8H11O4P.C4H10/c1-11-8-4-2-7(3-5-8)6-12-13(9)10;1-3-4-2/h2-5,13H,6H2,1H3,(H,9,10);3-4H2,1-2H3. The summed E-state index contributed by atoms with van der Waals surface area (Å²) >= 11 is 0. The van der Waals surface area contributed by atoms with E-state index in [1.54, 1.807) is 31.4 Å². The first-order valence-electron chi connectivity index (χ1n) is 5.62. The lowest BCUT2D eigenvalue weighted by Crippen LogP contribution is -1.87. The van der Waals surface area contributed by atoms with E-state index in [0.717, 1.165) is 11.3 Å². The summed E-state index contributed by atoms with van der Waals surface area (Å²) in [6, 6.07) is 7.11. The molecule has 1 unspecified atom stereocenters. The van der Waals surface area contributed by atoms with Crippen LogP contribution in [0.15, 0.2) is 24.3 Å². The fraction of sp³-hybridized carbons (Fsp3) is 0.500. The molecule has 1 rings (SSSR count). The van der Waals surface area contributed by atoms with Gasteiger partial charge in [-0.25, -0.2) is 0 Å². The second-order valence-electron chi connectivity index (χ2n) is 3.40. The summed E-state index contributed by atoms with van der Waals surface area (Å²) in [4.78, 5) is 8.41. The fourth-order valence-corrected chi connectivity index (χ4v) is 1.16. The fourth-order valence-electron chi connectivity index (χ4n) is 0.867. The van der Waals surface area contributed by atoms with Crippen LogP contribution in [0, 0.1) is 0 Å². The first kappa shape index (κ1) is 16.2. The Morgan fingerprint density at radius 1 is 1.18 bits per heavy atom. The summed E-state index contributed by atoms with van der Waals surface area (Å²) in [7, 11) is -1.25. The van der Waals surface area contributed by atoms with E-state index >= 15 is 0 Å². The van der Waals surface area contributed by atoms with Gasteiger partial charge in [-0.05, 0) is 17.7 Å². The van der Waals surface area contributed by atoms with Gasteiger partial charge >= 0.3 is 8.25 Å². The Hall–Kier alpha value is -0.830. The molecule has 0 heterocycles. The quantitative estimate of drug-likeness (QED) is 0.824. The van der Waals surface area contributed by atoms with Crippen molar-refractivity contribution < 1.29 is 18.7 Å². The zero-order chi connectivity index (χ0) is 13.1. The highest BCUT2D eigenvalue weighted by molar-refractivity contribution is 7.32. The summed E-state index contributed by atoms with van der Waals surface area (Å²) in [6.07, 6.45) is 2.64. The van der Waals surface area contributed by atoms with Crippen molar-refractivity contribution in [3.8, 4) is 5.75 Å². The van der Waals surface area contributed by atoms with E-state index in [0.29, 0.717) is 0 Å². The molecule has 5 heteroatoms. The predicted octanol–water partition coefficient (Wildman–Crippen LogP) is 3.40. The van der Waals surface area contributed by atoms with Gasteiger partial charge in [-0.15, -0.1) is 0 Å². The maximum absolute atomic E-state index is 10.2. The first-order chi connectivity index (χ1) is 8.13. The van der Waals surface area contributed by atoms with E-state index in [-0.39, 0.29) is 6.61 Å². The van der Waals surface area contributed by atoms with Crippen LogP contribution in [-0.2, 0) is 15.7 Å². The second kappa shape index (κ2) is 10.3. The molecule has 0 saturated heterocycles. The molecule has 1 N–H and O–H groups in total. The average molecular weight is 260 g/mol. The number of hydrogen-bond donors (Lipinski definition) is 1. The molecular weight excluding hydrogens is 239 g/mol. The summed E-state index contributed by atoms with van der Waals surface area (Å²) in [5.41, 5.74) is 0.841. The van der Waals surface area contributed by atoms with Crippen LogP contribution in [0.4, 0.5) is 0 Å². The largest absolute Gasteiger partial charge is 0.497 e. The maximum Gasteiger partial charge on any atom is 0.316 e. The zero-order valence-corrected chi connectivity index (χ0v) is 11.6. The third-order valence-electron chi connectivity index (χ3n) is 2.02. The summed E-state index contributed by atoms with van der Waals surface area (Å²) in [5, 5.41) is 0. The number of methoxy groups -OCH3 is 1. The van der Waals surface area contributed by atoms with Crippen LogP contribution in [0.5, 0.6) is 5.75 Å². The Bertz CT molecular complexity index is 309. The molecule has 0 saturated carbocycles. The number of rotatable bonds is 5. The Balaban J connectivity index is 0.000000557. The smallest absolute Gasteiger partial charge is 0.316 e. The van der Waals surface area contributed by atoms with Gasteiger partial charge in [0.1, 0.15) is 5.75 Å². The van der Waals surface area contributed by atoms with Gasteiger partial charge in [-0.1, -0.05) is 38.8 Å². The minimum absolute atomic E-state index is 0.151. The van der Waals surface area contributed by atoms with Crippen molar-refractivity contribution in [1.82, 2.24) is 0 Å². The normalized spacial score (nSPS) is 11.3. The van der Waals surface area contributed by atoms with Crippen LogP contribution < -0.4 is 4.74 Å². The van der Waals surface area contributed by atoms with Gasteiger partial charge in [0.25, 0.3) is 0 Å². The van der Waals surface area contributed by atoms with E-state index in [1.807, 2.05) is 0 Å². The predicted molar refractivity (Wildman–Crippen MR) is 69.6 cm³/mol. The van der Waals surface area contributed by atoms with E-state index < -0.39 is 8.25 Å². The van der Waals surface area contributed by atoms with Gasteiger partial charge in [-0.3, -0.25) is 4.57 Å². The van der Waals surface area contributed by atoms with E-state index in [2.05, 4.69) is 18.4 Å². The van der Waals surface area contributed by atoms with Gasteiger partial charge < -0.3 is 14.2 Å². The highest BCUT2D eigenvalue weighted by Gasteiger charge is 1.96. The van der Waals surface area contributed by atoms with Crippen molar-refractivity contribution in [1.29, 1.82) is 0 Å². The third kappa shape index (κ3) is 8.93. The lowest BCUT2D eigenvalue weighted by atomic mass is 10.2. The van der Waals surface area contributed by atoms with Crippen molar-refractivity contribution in [3.05, 3.63) is 29.8 Å². The van der Waals surface area contributed by atoms with Crippen LogP contribution in [0.1, 0.15) is 32.3 Å². The van der Waals surface area contributed by atoms with Crippen molar-refractivity contribution >= 4 is 8.25 Å². The lowest BCUT2D eigenvalue weighted by molar-refractivity contribution is 0.272. The molecule has 0 radical (unpaired) electrons. The monoisotopic (exact) mass is 260 g/mol. The molecule has 0 aliphatic heterocycles. The molecule has 4 nitrogen and oxygen atoms in total. The first-order valence-corrected chi connectivity index (χ1v) is 6.89. The highest BCUT2D eigenvalue weighted by Crippen LogP contribution is 2.19. The summed E-state index contributed by atoms with van der Waals surface area (Å²) in [6.45, 7) is 4.51. The molecule has 0 fully saturated rings. The molecule has 0 aromatic heterocycles. The van der Waals surface area contributed by atoms with Crippen LogP contribution in [0.2, 0.25) is 0 Å². The van der Waals surface area contributed by atoms with Crippen molar-refractivity contribution in [3.63, 3.8) is 0 Å². The van der Waals surface area contributed by atoms with Gasteiger partial charge in [-0.2, -0.15) is 0 Å². The molecular formula is C12H21O4P. The molecule has 0 spiro atoms. The highest BCUT2D eigenvalue weighted by atomic mass is 31.1. The van der Waals surface area contributed by atoms with Crippen molar-refractivity contribution in [2.24, 2.45) is 0 Å². The molecule has 1 aromatic rings. The molecule has 17 heavy (non-hydrogen) atoms. The minimum atomic E-state index is -2.83. The van der Waals surface area contributed by atoms with E-state index in [4.69, 9.17) is 9.63 Å². The molecule has 0 aliphatic rings. The summed E-state index contributed by atoms with van der Waals surface area (Å²) < 4.78 is 19.7. The number of benzene rings is 1. The molecule has 1 aromatic carbocycles. The van der Waals surface area contributed by atoms with Gasteiger partial charge in [0.15, 0.2) is 0 Å². The topological polar surface area (TPSA) is 55.8 Å². The second-order valence-corrected chi connectivity index (χ2v) is 4.22.